The van der Waals surface area contributed by atoms with Crippen LogP contribution >= 0.6 is 0 Å². The molecule has 0 amide bonds. The highest BCUT2D eigenvalue weighted by molar-refractivity contribution is 5.93. The Morgan fingerprint density at radius 1 is 1.27 bits per heavy atom. The van der Waals surface area contributed by atoms with Gasteiger partial charge in [-0.2, -0.15) is 0 Å². The predicted octanol–water partition coefficient (Wildman–Crippen LogP) is 1.40. The van der Waals surface area contributed by atoms with Crippen LogP contribution in [0.15, 0.2) is 22.8 Å². The van der Waals surface area contributed by atoms with Crippen molar-refractivity contribution in [2.75, 3.05) is 26.8 Å². The maximum Gasteiger partial charge on any atom is 0.511 e. The van der Waals surface area contributed by atoms with Gasteiger partial charge in [0.1, 0.15) is 12.5 Å². The largest absolute Gasteiger partial charge is 0.511 e. The number of nitrogens with one attached hydrogen (secondary N) is 1. The van der Waals surface area contributed by atoms with E-state index in [2.05, 4.69) is 9.72 Å². The Morgan fingerprint density at radius 3 is 2.86 bits per heavy atom. The highest BCUT2D eigenvalue weighted by Gasteiger charge is 2.20. The lowest BCUT2D eigenvalue weighted by Crippen LogP contribution is -2.33. The monoisotopic (exact) mass is 311 g/mol. The number of fused-ring (bicyclic) bond motifs is 1. The summed E-state index contributed by atoms with van der Waals surface area (Å²) in [7, 11) is 0. The van der Waals surface area contributed by atoms with Crippen molar-refractivity contribution >= 4 is 23.2 Å². The van der Waals surface area contributed by atoms with Gasteiger partial charge >= 0.3 is 12.1 Å². The molecular weight excluding hydrogens is 298 g/mol. The molecule has 3 heterocycles. The van der Waals surface area contributed by atoms with E-state index in [-0.39, 0.29) is 25.7 Å². The van der Waals surface area contributed by atoms with Crippen molar-refractivity contribution in [2.24, 2.45) is 0 Å². The average molecular weight is 311 g/mol. The quantitative estimate of drug-likeness (QED) is 0.666. The first-order valence-electron chi connectivity index (χ1n) is 6.44. The fourth-order valence-corrected chi connectivity index (χ4v) is 1.87. The molecule has 3 rings (SSSR count). The summed E-state index contributed by atoms with van der Waals surface area (Å²) < 4.78 is 29.3. The second-order valence-corrected chi connectivity index (χ2v) is 4.42. The van der Waals surface area contributed by atoms with Gasteiger partial charge < -0.3 is 33.1 Å². The Balaban J connectivity index is 1.41. The number of ether oxygens (including phenoxy) is 5. The van der Waals surface area contributed by atoms with E-state index in [1.165, 1.54) is 12.3 Å². The van der Waals surface area contributed by atoms with Crippen molar-refractivity contribution in [1.82, 2.24) is 4.98 Å². The maximum absolute atomic E-state index is 11.7. The molecule has 0 aliphatic carbocycles. The highest BCUT2D eigenvalue weighted by Crippen LogP contribution is 2.16. The Hall–Kier alpha value is -2.52. The van der Waals surface area contributed by atoms with Crippen molar-refractivity contribution in [2.45, 2.75) is 6.10 Å². The fourth-order valence-electron chi connectivity index (χ4n) is 1.87. The molecule has 1 N–H and O–H groups in total. The Labute approximate surface area is 124 Å². The summed E-state index contributed by atoms with van der Waals surface area (Å²) in [4.78, 5) is 25.9. The zero-order valence-electron chi connectivity index (χ0n) is 11.4. The smallest absolute Gasteiger partial charge is 0.463 e. The average Bonchev–Trinajstić information content (AvgIpc) is 3.09. The van der Waals surface area contributed by atoms with Crippen LogP contribution in [0.4, 0.5) is 4.79 Å². The standard InChI is InChI=1S/C13H13NO8/c15-12(10-3-11-9(14-10)1-2-19-11)20-7-21-13(16)22-8-4-17-6-18-5-8/h1-3,8,14H,4-7H2. The van der Waals surface area contributed by atoms with Crippen LogP contribution in [0.1, 0.15) is 10.5 Å². The molecule has 0 atom stereocenters. The van der Waals surface area contributed by atoms with Crippen LogP contribution in [-0.2, 0) is 23.7 Å². The first-order chi connectivity index (χ1) is 10.7. The van der Waals surface area contributed by atoms with E-state index in [9.17, 15) is 9.59 Å². The SMILES string of the molecule is O=C(OCOC(=O)c1cc2occc2[nH]1)OC1COCOC1. The maximum atomic E-state index is 11.7. The van der Waals surface area contributed by atoms with Crippen molar-refractivity contribution in [1.29, 1.82) is 0 Å². The molecule has 0 spiro atoms. The molecule has 22 heavy (non-hydrogen) atoms. The van der Waals surface area contributed by atoms with Crippen molar-refractivity contribution < 1.29 is 37.7 Å². The molecule has 0 saturated carbocycles. The normalized spacial score (nSPS) is 15.6. The molecule has 1 saturated heterocycles. The van der Waals surface area contributed by atoms with Gasteiger partial charge in [-0.15, -0.1) is 0 Å². The number of carbonyl (C=O) groups is 2. The Kier molecular flexibility index (Phi) is 4.26. The molecule has 0 radical (unpaired) electrons. The highest BCUT2D eigenvalue weighted by atomic mass is 16.8. The number of esters is 1. The summed E-state index contributed by atoms with van der Waals surface area (Å²) in [6.07, 6.45) is -0.00641. The van der Waals surface area contributed by atoms with Crippen LogP contribution in [0, 0.1) is 0 Å². The molecule has 1 fully saturated rings. The fraction of sp³-hybridized carbons (Fsp3) is 0.385. The van der Waals surface area contributed by atoms with E-state index in [1.807, 2.05) is 0 Å². The number of rotatable bonds is 4. The number of hydrogen-bond acceptors (Lipinski definition) is 8. The number of aromatic nitrogens is 1. The molecule has 1 aliphatic rings. The van der Waals surface area contributed by atoms with E-state index in [4.69, 9.17) is 23.4 Å². The summed E-state index contributed by atoms with van der Waals surface area (Å²) in [5.41, 5.74) is 1.40. The Bertz CT molecular complexity index is 625. The van der Waals surface area contributed by atoms with Gasteiger partial charge in [-0.1, -0.05) is 0 Å². The minimum absolute atomic E-state index is 0.172. The first-order valence-corrected chi connectivity index (χ1v) is 6.44. The van der Waals surface area contributed by atoms with Gasteiger partial charge in [0.2, 0.25) is 6.79 Å². The van der Waals surface area contributed by atoms with E-state index in [0.717, 1.165) is 0 Å². The molecular formula is C13H13NO8. The molecule has 0 unspecified atom stereocenters. The third-order valence-electron chi connectivity index (χ3n) is 2.86. The number of aromatic amines is 1. The first kappa shape index (κ1) is 14.4. The summed E-state index contributed by atoms with van der Waals surface area (Å²) in [5.74, 6) is -0.677. The van der Waals surface area contributed by atoms with Crippen molar-refractivity contribution in [3.8, 4) is 0 Å². The van der Waals surface area contributed by atoms with Crippen LogP contribution in [0.2, 0.25) is 0 Å². The molecule has 2 aromatic rings. The topological polar surface area (TPSA) is 109 Å². The Morgan fingerprint density at radius 2 is 2.09 bits per heavy atom. The van der Waals surface area contributed by atoms with Crippen LogP contribution in [-0.4, -0.2) is 50.0 Å². The number of hydrogen-bond donors (Lipinski definition) is 1. The van der Waals surface area contributed by atoms with Gasteiger partial charge in [-0.25, -0.2) is 9.59 Å². The van der Waals surface area contributed by atoms with Crippen LogP contribution in [0.3, 0.4) is 0 Å². The van der Waals surface area contributed by atoms with Gasteiger partial charge in [0.15, 0.2) is 11.7 Å². The molecule has 0 aromatic carbocycles. The molecule has 9 nitrogen and oxygen atoms in total. The third-order valence-corrected chi connectivity index (χ3v) is 2.86. The summed E-state index contributed by atoms with van der Waals surface area (Å²) >= 11 is 0. The number of H-pyrrole nitrogens is 1. The summed E-state index contributed by atoms with van der Waals surface area (Å²) in [5, 5.41) is 0. The molecule has 0 bridgehead atoms. The van der Waals surface area contributed by atoms with Gasteiger partial charge in [0, 0.05) is 12.1 Å². The van der Waals surface area contributed by atoms with Crippen LogP contribution in [0.25, 0.3) is 11.1 Å². The van der Waals surface area contributed by atoms with Gasteiger partial charge in [-0.05, 0) is 0 Å². The van der Waals surface area contributed by atoms with Gasteiger partial charge in [-0.3, -0.25) is 0 Å². The van der Waals surface area contributed by atoms with E-state index in [0.29, 0.717) is 11.1 Å². The second-order valence-electron chi connectivity index (χ2n) is 4.42. The summed E-state index contributed by atoms with van der Waals surface area (Å²) in [6.45, 7) is 0.0743. The van der Waals surface area contributed by atoms with E-state index < -0.39 is 25.0 Å². The zero-order chi connectivity index (χ0) is 15.4. The van der Waals surface area contributed by atoms with E-state index >= 15 is 0 Å². The van der Waals surface area contributed by atoms with Crippen LogP contribution in [0.5, 0.6) is 0 Å². The number of carbonyl (C=O) groups excluding carboxylic acids is 2. The lowest BCUT2D eigenvalue weighted by atomic mass is 10.4. The minimum Gasteiger partial charge on any atom is -0.463 e. The van der Waals surface area contributed by atoms with Crippen molar-refractivity contribution in [3.63, 3.8) is 0 Å². The van der Waals surface area contributed by atoms with E-state index in [1.54, 1.807) is 6.07 Å². The number of furan rings is 1. The second kappa shape index (κ2) is 6.50. The van der Waals surface area contributed by atoms with Crippen molar-refractivity contribution in [3.05, 3.63) is 24.1 Å². The predicted molar refractivity (Wildman–Crippen MR) is 69.0 cm³/mol. The summed E-state index contributed by atoms with van der Waals surface area (Å²) in [6, 6.07) is 3.17. The van der Waals surface area contributed by atoms with Gasteiger partial charge in [0.25, 0.3) is 0 Å². The molecule has 2 aromatic heterocycles. The molecule has 118 valence electrons. The molecule has 9 heteroatoms. The minimum atomic E-state index is -0.966. The third kappa shape index (κ3) is 3.38. The zero-order valence-corrected chi connectivity index (χ0v) is 11.4. The molecule has 1 aliphatic heterocycles. The van der Waals surface area contributed by atoms with Gasteiger partial charge in [0.05, 0.1) is 25.0 Å². The lowest BCUT2D eigenvalue weighted by Gasteiger charge is -2.21. The lowest BCUT2D eigenvalue weighted by molar-refractivity contribution is -0.160. The van der Waals surface area contributed by atoms with Crippen LogP contribution < -0.4 is 0 Å².